The SMILES string of the molecule is O=S(=O)(Cl)C(F)c1ccc(Cl)cc1. The van der Waals surface area contributed by atoms with Gasteiger partial charge in [-0.25, -0.2) is 12.8 Å². The molecule has 0 spiro atoms. The van der Waals surface area contributed by atoms with Crippen molar-refractivity contribution in [3.05, 3.63) is 34.9 Å². The summed E-state index contributed by atoms with van der Waals surface area (Å²) < 4.78 is 34.2. The Hall–Kier alpha value is -0.320. The Morgan fingerprint density at radius 2 is 1.69 bits per heavy atom. The van der Waals surface area contributed by atoms with Crippen LogP contribution >= 0.6 is 22.3 Å². The zero-order chi connectivity index (χ0) is 10.1. The first-order chi connectivity index (χ1) is 5.91. The molecule has 13 heavy (non-hydrogen) atoms. The Labute approximate surface area is 84.7 Å². The highest BCUT2D eigenvalue weighted by atomic mass is 35.7. The van der Waals surface area contributed by atoms with Gasteiger partial charge in [0.2, 0.25) is 5.50 Å². The van der Waals surface area contributed by atoms with E-state index < -0.39 is 14.6 Å². The maximum Gasteiger partial charge on any atom is 0.269 e. The molecule has 0 saturated heterocycles. The molecule has 1 atom stereocenters. The fourth-order valence-corrected chi connectivity index (χ4v) is 1.69. The lowest BCUT2D eigenvalue weighted by molar-refractivity contribution is 0.438. The van der Waals surface area contributed by atoms with Crippen molar-refractivity contribution in [1.82, 2.24) is 0 Å². The Kier molecular flexibility index (Phi) is 3.16. The van der Waals surface area contributed by atoms with E-state index in [0.717, 1.165) is 0 Å². The molecule has 0 aliphatic rings. The van der Waals surface area contributed by atoms with Crippen LogP contribution in [0.1, 0.15) is 11.1 Å². The number of hydrogen-bond acceptors (Lipinski definition) is 2. The van der Waals surface area contributed by atoms with Crippen molar-refractivity contribution in [2.75, 3.05) is 0 Å². The van der Waals surface area contributed by atoms with Crippen molar-refractivity contribution in [1.29, 1.82) is 0 Å². The van der Waals surface area contributed by atoms with Gasteiger partial charge in [0.05, 0.1) is 0 Å². The molecular formula is C7H5Cl2FO2S. The molecule has 0 amide bonds. The maximum atomic E-state index is 13.0. The molecule has 1 aromatic rings. The van der Waals surface area contributed by atoms with Crippen LogP contribution in [0.2, 0.25) is 5.02 Å². The highest BCUT2D eigenvalue weighted by Crippen LogP contribution is 2.27. The second kappa shape index (κ2) is 3.82. The van der Waals surface area contributed by atoms with Crippen molar-refractivity contribution in [2.24, 2.45) is 0 Å². The van der Waals surface area contributed by atoms with Gasteiger partial charge in [-0.15, -0.1) is 0 Å². The smallest absolute Gasteiger partial charge is 0.223 e. The van der Waals surface area contributed by atoms with E-state index in [1.165, 1.54) is 24.3 Å². The standard InChI is InChI=1S/C7H5Cl2FO2S/c8-6-3-1-5(2-4-6)7(10)13(9,11)12/h1-4,7H. The minimum absolute atomic E-state index is 0.0283. The zero-order valence-corrected chi connectivity index (χ0v) is 8.57. The van der Waals surface area contributed by atoms with E-state index in [1.54, 1.807) is 0 Å². The Bertz CT molecular complexity index is 387. The predicted molar refractivity (Wildman–Crippen MR) is 50.1 cm³/mol. The lowest BCUT2D eigenvalue weighted by Gasteiger charge is -2.03. The van der Waals surface area contributed by atoms with Gasteiger partial charge >= 0.3 is 0 Å². The molecule has 0 aliphatic carbocycles. The van der Waals surface area contributed by atoms with Crippen molar-refractivity contribution in [2.45, 2.75) is 5.50 Å². The van der Waals surface area contributed by atoms with Gasteiger partial charge in [-0.2, -0.15) is 0 Å². The lowest BCUT2D eigenvalue weighted by atomic mass is 10.2. The maximum absolute atomic E-state index is 13.0. The third-order valence-electron chi connectivity index (χ3n) is 1.38. The summed E-state index contributed by atoms with van der Waals surface area (Å²) in [6.45, 7) is 0. The van der Waals surface area contributed by atoms with E-state index in [-0.39, 0.29) is 5.56 Å². The fraction of sp³-hybridized carbons (Fsp3) is 0.143. The van der Waals surface area contributed by atoms with Crippen LogP contribution in [-0.2, 0) is 9.05 Å². The first-order valence-corrected chi connectivity index (χ1v) is 5.99. The van der Waals surface area contributed by atoms with Crippen LogP contribution in [0.3, 0.4) is 0 Å². The summed E-state index contributed by atoms with van der Waals surface area (Å²) in [4.78, 5) is 0. The van der Waals surface area contributed by atoms with Crippen LogP contribution in [0.15, 0.2) is 24.3 Å². The number of alkyl halides is 1. The Morgan fingerprint density at radius 1 is 1.23 bits per heavy atom. The summed E-state index contributed by atoms with van der Waals surface area (Å²) in [5.74, 6) is 0. The predicted octanol–water partition coefficient (Wildman–Crippen LogP) is 2.88. The molecular weight excluding hydrogens is 238 g/mol. The molecule has 0 heterocycles. The van der Waals surface area contributed by atoms with Crippen molar-refractivity contribution >= 4 is 31.3 Å². The molecule has 2 nitrogen and oxygen atoms in total. The van der Waals surface area contributed by atoms with Crippen LogP contribution in [0, 0.1) is 0 Å². The topological polar surface area (TPSA) is 34.1 Å². The lowest BCUT2D eigenvalue weighted by Crippen LogP contribution is -2.00. The van der Waals surface area contributed by atoms with E-state index in [4.69, 9.17) is 22.3 Å². The van der Waals surface area contributed by atoms with E-state index in [2.05, 4.69) is 0 Å². The van der Waals surface area contributed by atoms with Gasteiger partial charge < -0.3 is 0 Å². The minimum atomic E-state index is -4.21. The summed E-state index contributed by atoms with van der Waals surface area (Å²) in [6, 6.07) is 5.33. The van der Waals surface area contributed by atoms with Gasteiger partial charge in [0.15, 0.2) is 0 Å². The molecule has 0 aromatic heterocycles. The van der Waals surface area contributed by atoms with E-state index in [9.17, 15) is 12.8 Å². The van der Waals surface area contributed by atoms with Crippen LogP contribution in [0.5, 0.6) is 0 Å². The van der Waals surface area contributed by atoms with Gasteiger partial charge in [0, 0.05) is 21.3 Å². The first kappa shape index (κ1) is 10.8. The van der Waals surface area contributed by atoms with Gasteiger partial charge in [-0.1, -0.05) is 23.7 Å². The molecule has 0 fully saturated rings. The largest absolute Gasteiger partial charge is 0.269 e. The fourth-order valence-electron chi connectivity index (χ4n) is 0.777. The number of benzene rings is 1. The average molecular weight is 243 g/mol. The zero-order valence-electron chi connectivity index (χ0n) is 6.25. The number of rotatable bonds is 2. The summed E-state index contributed by atoms with van der Waals surface area (Å²) in [5.41, 5.74) is -2.23. The van der Waals surface area contributed by atoms with Crippen LogP contribution in [0.25, 0.3) is 0 Å². The molecule has 1 aromatic carbocycles. The number of halogens is 3. The molecule has 72 valence electrons. The molecule has 0 N–H and O–H groups in total. The van der Waals surface area contributed by atoms with Crippen molar-refractivity contribution in [3.63, 3.8) is 0 Å². The highest BCUT2D eigenvalue weighted by molar-refractivity contribution is 8.13. The summed E-state index contributed by atoms with van der Waals surface area (Å²) in [5, 5.41) is 0.405. The molecule has 0 radical (unpaired) electrons. The third kappa shape index (κ3) is 2.83. The molecule has 1 unspecified atom stereocenters. The van der Waals surface area contributed by atoms with Crippen molar-refractivity contribution < 1.29 is 12.8 Å². The van der Waals surface area contributed by atoms with Crippen molar-refractivity contribution in [3.8, 4) is 0 Å². The van der Waals surface area contributed by atoms with Gasteiger partial charge in [0.1, 0.15) is 0 Å². The van der Waals surface area contributed by atoms with Crippen LogP contribution in [0.4, 0.5) is 4.39 Å². The summed E-state index contributed by atoms with van der Waals surface area (Å²) >= 11 is 5.53. The molecule has 0 aliphatic heterocycles. The Balaban J connectivity index is 3.04. The summed E-state index contributed by atoms with van der Waals surface area (Å²) in [7, 11) is 0.616. The van der Waals surface area contributed by atoms with E-state index >= 15 is 0 Å². The first-order valence-electron chi connectivity index (χ1n) is 3.24. The Morgan fingerprint density at radius 3 is 2.08 bits per heavy atom. The normalized spacial score (nSPS) is 14.1. The van der Waals surface area contributed by atoms with E-state index in [0.29, 0.717) is 5.02 Å². The molecule has 0 saturated carbocycles. The molecule has 6 heteroatoms. The molecule has 0 bridgehead atoms. The van der Waals surface area contributed by atoms with Gasteiger partial charge in [-0.3, -0.25) is 0 Å². The summed E-state index contributed by atoms with van der Waals surface area (Å²) in [6.07, 6.45) is 0. The monoisotopic (exact) mass is 242 g/mol. The van der Waals surface area contributed by atoms with Gasteiger partial charge in [0.25, 0.3) is 9.05 Å². The highest BCUT2D eigenvalue weighted by Gasteiger charge is 2.23. The molecule has 1 rings (SSSR count). The average Bonchev–Trinajstić information content (AvgIpc) is 2.03. The quantitative estimate of drug-likeness (QED) is 0.748. The second-order valence-corrected chi connectivity index (χ2v) is 5.44. The third-order valence-corrected chi connectivity index (χ3v) is 2.87. The number of hydrogen-bond donors (Lipinski definition) is 0. The van der Waals surface area contributed by atoms with Crippen LogP contribution < -0.4 is 0 Å². The van der Waals surface area contributed by atoms with E-state index in [1.807, 2.05) is 0 Å². The minimum Gasteiger partial charge on any atom is -0.223 e. The van der Waals surface area contributed by atoms with Gasteiger partial charge in [-0.05, 0) is 12.1 Å². The van der Waals surface area contributed by atoms with Crippen LogP contribution in [-0.4, -0.2) is 8.42 Å². The second-order valence-electron chi connectivity index (χ2n) is 2.34.